The number of benzene rings is 2. The first-order valence-corrected chi connectivity index (χ1v) is 7.61. The van der Waals surface area contributed by atoms with Crippen LogP contribution in [0.15, 0.2) is 51.7 Å². The molecule has 0 radical (unpaired) electrons. The fourth-order valence-electron chi connectivity index (χ4n) is 2.34. The van der Waals surface area contributed by atoms with Gasteiger partial charge in [0.25, 0.3) is 0 Å². The molecule has 0 atom stereocenters. The molecule has 1 aromatic heterocycles. The van der Waals surface area contributed by atoms with Crippen LogP contribution < -0.4 is 11.1 Å². The smallest absolute Gasteiger partial charge is 0.408 e. The number of halogens is 1. The molecule has 0 fully saturated rings. The van der Waals surface area contributed by atoms with Crippen LogP contribution >= 0.6 is 11.6 Å². The van der Waals surface area contributed by atoms with E-state index in [4.69, 9.17) is 16.0 Å². The molecule has 118 valence electrons. The van der Waals surface area contributed by atoms with E-state index in [-0.39, 0.29) is 5.91 Å². The van der Waals surface area contributed by atoms with E-state index in [9.17, 15) is 9.59 Å². The molecule has 23 heavy (non-hydrogen) atoms. The number of oxazole rings is 1. The minimum absolute atomic E-state index is 0.0402. The number of fused-ring (bicyclic) bond motifs is 1. The molecule has 0 unspecified atom stereocenters. The Morgan fingerprint density at radius 1 is 1.13 bits per heavy atom. The molecule has 0 aliphatic rings. The zero-order chi connectivity index (χ0) is 16.2. The van der Waals surface area contributed by atoms with E-state index in [2.05, 4.69) is 10.3 Å². The number of aromatic amines is 1. The minimum Gasteiger partial charge on any atom is -0.408 e. The number of hydrogen-bond acceptors (Lipinski definition) is 3. The molecule has 3 rings (SSSR count). The molecule has 3 aromatic rings. The van der Waals surface area contributed by atoms with Crippen molar-refractivity contribution in [2.75, 3.05) is 6.54 Å². The molecule has 1 amide bonds. The summed E-state index contributed by atoms with van der Waals surface area (Å²) in [5.74, 6) is -0.505. The van der Waals surface area contributed by atoms with Crippen LogP contribution in [0.5, 0.6) is 0 Å². The van der Waals surface area contributed by atoms with Gasteiger partial charge in [0.2, 0.25) is 5.91 Å². The number of carbonyl (C=O) groups is 1. The maximum Gasteiger partial charge on any atom is 0.417 e. The van der Waals surface area contributed by atoms with E-state index < -0.39 is 5.76 Å². The average Bonchev–Trinajstić information content (AvgIpc) is 2.89. The second-order valence-corrected chi connectivity index (χ2v) is 5.68. The largest absolute Gasteiger partial charge is 0.417 e. The lowest BCUT2D eigenvalue weighted by molar-refractivity contribution is -0.120. The van der Waals surface area contributed by atoms with Gasteiger partial charge in [-0.05, 0) is 41.8 Å². The van der Waals surface area contributed by atoms with Crippen molar-refractivity contribution in [3.05, 3.63) is 69.2 Å². The zero-order valence-electron chi connectivity index (χ0n) is 12.3. The summed E-state index contributed by atoms with van der Waals surface area (Å²) in [6, 6.07) is 12.7. The van der Waals surface area contributed by atoms with Crippen LogP contribution in [0.2, 0.25) is 5.02 Å². The van der Waals surface area contributed by atoms with E-state index in [1.807, 2.05) is 18.2 Å². The lowest BCUT2D eigenvalue weighted by atomic mass is 10.1. The number of hydrogen-bond donors (Lipinski definition) is 2. The molecular weight excluding hydrogens is 316 g/mol. The molecular formula is C17H15ClN2O3. The first-order chi connectivity index (χ1) is 11.1. The van der Waals surface area contributed by atoms with Crippen LogP contribution in [0, 0.1) is 0 Å². The second kappa shape index (κ2) is 6.71. The van der Waals surface area contributed by atoms with Crippen molar-refractivity contribution >= 4 is 28.6 Å². The Morgan fingerprint density at radius 2 is 1.87 bits per heavy atom. The summed E-state index contributed by atoms with van der Waals surface area (Å²) in [4.78, 5) is 25.6. The molecule has 5 nitrogen and oxygen atoms in total. The van der Waals surface area contributed by atoms with E-state index in [1.54, 1.807) is 24.3 Å². The van der Waals surface area contributed by atoms with Gasteiger partial charge in [-0.1, -0.05) is 29.8 Å². The van der Waals surface area contributed by atoms with Gasteiger partial charge in [0.05, 0.1) is 11.9 Å². The number of amides is 1. The Bertz CT molecular complexity index is 881. The van der Waals surface area contributed by atoms with Gasteiger partial charge in [-0.25, -0.2) is 4.79 Å². The highest BCUT2D eigenvalue weighted by Gasteiger charge is 2.05. The van der Waals surface area contributed by atoms with Crippen molar-refractivity contribution in [3.8, 4) is 0 Å². The van der Waals surface area contributed by atoms with Crippen molar-refractivity contribution in [1.29, 1.82) is 0 Å². The molecule has 0 spiro atoms. The summed E-state index contributed by atoms with van der Waals surface area (Å²) >= 11 is 5.81. The Kier molecular flexibility index (Phi) is 4.48. The lowest BCUT2D eigenvalue weighted by Gasteiger charge is -2.06. The molecule has 0 saturated heterocycles. The standard InChI is InChI=1S/C17H15ClN2O3/c18-13-4-1-11(2-5-13)10-16(21)19-8-7-12-3-6-14-15(9-12)23-17(22)20-14/h1-6,9H,7-8,10H2,(H,19,21)(H,20,22). The van der Waals surface area contributed by atoms with Crippen LogP contribution in [0.4, 0.5) is 0 Å². The predicted octanol–water partition coefficient (Wildman–Crippen LogP) is 2.68. The summed E-state index contributed by atoms with van der Waals surface area (Å²) in [5.41, 5.74) is 3.11. The first kappa shape index (κ1) is 15.4. The summed E-state index contributed by atoms with van der Waals surface area (Å²) in [6.45, 7) is 0.520. The maximum absolute atomic E-state index is 11.9. The summed E-state index contributed by atoms with van der Waals surface area (Å²) in [7, 11) is 0. The third-order valence-corrected chi connectivity index (χ3v) is 3.75. The molecule has 2 aromatic carbocycles. The predicted molar refractivity (Wildman–Crippen MR) is 88.7 cm³/mol. The minimum atomic E-state index is -0.464. The highest BCUT2D eigenvalue weighted by Crippen LogP contribution is 2.13. The van der Waals surface area contributed by atoms with Crippen molar-refractivity contribution in [1.82, 2.24) is 10.3 Å². The van der Waals surface area contributed by atoms with Crippen molar-refractivity contribution in [2.45, 2.75) is 12.8 Å². The van der Waals surface area contributed by atoms with Crippen LogP contribution in [-0.2, 0) is 17.6 Å². The van der Waals surface area contributed by atoms with Gasteiger partial charge >= 0.3 is 5.76 Å². The Balaban J connectivity index is 1.52. The van der Waals surface area contributed by atoms with Crippen molar-refractivity contribution in [3.63, 3.8) is 0 Å². The van der Waals surface area contributed by atoms with Crippen LogP contribution in [0.25, 0.3) is 11.1 Å². The highest BCUT2D eigenvalue weighted by molar-refractivity contribution is 6.30. The van der Waals surface area contributed by atoms with Crippen LogP contribution in [0.3, 0.4) is 0 Å². The first-order valence-electron chi connectivity index (χ1n) is 7.23. The zero-order valence-corrected chi connectivity index (χ0v) is 13.0. The molecule has 0 bridgehead atoms. The molecule has 0 aliphatic heterocycles. The molecule has 0 saturated carbocycles. The molecule has 2 N–H and O–H groups in total. The lowest BCUT2D eigenvalue weighted by Crippen LogP contribution is -2.27. The Hall–Kier alpha value is -2.53. The fraction of sp³-hybridized carbons (Fsp3) is 0.176. The summed E-state index contributed by atoms with van der Waals surface area (Å²) in [5, 5.41) is 3.53. The fourth-order valence-corrected chi connectivity index (χ4v) is 2.47. The monoisotopic (exact) mass is 330 g/mol. The third kappa shape index (κ3) is 4.02. The highest BCUT2D eigenvalue weighted by atomic mass is 35.5. The SMILES string of the molecule is O=C(Cc1ccc(Cl)cc1)NCCc1ccc2[nH]c(=O)oc2c1. The van der Waals surface area contributed by atoms with E-state index in [0.717, 1.165) is 11.1 Å². The molecule has 0 aliphatic carbocycles. The Labute approximate surface area is 137 Å². The number of nitrogens with one attached hydrogen (secondary N) is 2. The van der Waals surface area contributed by atoms with Gasteiger partial charge in [0, 0.05) is 11.6 Å². The van der Waals surface area contributed by atoms with Gasteiger partial charge in [-0.15, -0.1) is 0 Å². The van der Waals surface area contributed by atoms with Crippen molar-refractivity contribution in [2.24, 2.45) is 0 Å². The van der Waals surface area contributed by atoms with E-state index >= 15 is 0 Å². The van der Waals surface area contributed by atoms with Crippen LogP contribution in [0.1, 0.15) is 11.1 Å². The number of rotatable bonds is 5. The average molecular weight is 331 g/mol. The Morgan fingerprint density at radius 3 is 2.65 bits per heavy atom. The number of H-pyrrole nitrogens is 1. The number of aromatic nitrogens is 1. The second-order valence-electron chi connectivity index (χ2n) is 5.25. The topological polar surface area (TPSA) is 75.1 Å². The van der Waals surface area contributed by atoms with Gasteiger partial charge < -0.3 is 9.73 Å². The number of carbonyl (C=O) groups excluding carboxylic acids is 1. The van der Waals surface area contributed by atoms with Gasteiger partial charge in [-0.2, -0.15) is 0 Å². The van der Waals surface area contributed by atoms with Crippen LogP contribution in [-0.4, -0.2) is 17.4 Å². The normalized spacial score (nSPS) is 10.8. The van der Waals surface area contributed by atoms with Crippen molar-refractivity contribution < 1.29 is 9.21 Å². The van der Waals surface area contributed by atoms with E-state index in [1.165, 1.54) is 0 Å². The quantitative estimate of drug-likeness (QED) is 0.755. The van der Waals surface area contributed by atoms with Gasteiger partial charge in [-0.3, -0.25) is 9.78 Å². The van der Waals surface area contributed by atoms with Gasteiger partial charge in [0.15, 0.2) is 5.58 Å². The van der Waals surface area contributed by atoms with Gasteiger partial charge in [0.1, 0.15) is 0 Å². The van der Waals surface area contributed by atoms with E-state index in [0.29, 0.717) is 35.5 Å². The third-order valence-electron chi connectivity index (χ3n) is 3.50. The molecule has 1 heterocycles. The maximum atomic E-state index is 11.9. The summed E-state index contributed by atoms with van der Waals surface area (Å²) in [6.07, 6.45) is 0.986. The summed E-state index contributed by atoms with van der Waals surface area (Å²) < 4.78 is 5.02. The molecule has 6 heteroatoms.